The molecule has 31 heavy (non-hydrogen) atoms. The van der Waals surface area contributed by atoms with Crippen molar-refractivity contribution in [2.45, 2.75) is 52.5 Å². The fourth-order valence-corrected chi connectivity index (χ4v) is 4.77. The van der Waals surface area contributed by atoms with Crippen molar-refractivity contribution in [2.75, 3.05) is 44.3 Å². The third-order valence-electron chi connectivity index (χ3n) is 6.55. The van der Waals surface area contributed by atoms with Crippen LogP contribution in [-0.2, 0) is 14.4 Å². The lowest BCUT2D eigenvalue weighted by Gasteiger charge is -2.43. The van der Waals surface area contributed by atoms with Gasteiger partial charge in [-0.15, -0.1) is 0 Å². The van der Waals surface area contributed by atoms with Gasteiger partial charge in [-0.3, -0.25) is 14.4 Å². The molecule has 0 aliphatic carbocycles. The van der Waals surface area contributed by atoms with Crippen molar-refractivity contribution in [1.29, 1.82) is 0 Å². The number of carbonyl (C=O) groups excluding carboxylic acids is 3. The van der Waals surface area contributed by atoms with Crippen LogP contribution < -0.4 is 4.90 Å². The molecule has 2 heterocycles. The lowest BCUT2D eigenvalue weighted by atomic mass is 9.85. The summed E-state index contributed by atoms with van der Waals surface area (Å²) in [6, 6.07) is 9.93. The van der Waals surface area contributed by atoms with E-state index in [1.54, 1.807) is 9.80 Å². The number of nitrogens with zero attached hydrogens (tertiary/aromatic N) is 4. The van der Waals surface area contributed by atoms with Crippen LogP contribution in [-0.4, -0.2) is 77.4 Å². The Labute approximate surface area is 186 Å². The van der Waals surface area contributed by atoms with E-state index in [1.807, 2.05) is 62.9 Å². The SMILES string of the molecule is CCN(CC)C(=O)CN1CN(c2ccccc2)C2(CCN(C(=O)CC(C)C)CC2)C1=O. The second-order valence-corrected chi connectivity index (χ2v) is 8.98. The Morgan fingerprint density at radius 1 is 1.06 bits per heavy atom. The predicted molar refractivity (Wildman–Crippen MR) is 121 cm³/mol. The van der Waals surface area contributed by atoms with Crippen LogP contribution in [0.15, 0.2) is 30.3 Å². The Hall–Kier alpha value is -2.57. The van der Waals surface area contributed by atoms with Gasteiger partial charge in [0.25, 0.3) is 5.91 Å². The Bertz CT molecular complexity index is 783. The Morgan fingerprint density at radius 2 is 1.68 bits per heavy atom. The summed E-state index contributed by atoms with van der Waals surface area (Å²) >= 11 is 0. The first-order valence-electron chi connectivity index (χ1n) is 11.5. The molecule has 2 aliphatic heterocycles. The van der Waals surface area contributed by atoms with Gasteiger partial charge in [-0.25, -0.2) is 0 Å². The van der Waals surface area contributed by atoms with E-state index in [4.69, 9.17) is 0 Å². The van der Waals surface area contributed by atoms with Crippen LogP contribution in [0, 0.1) is 5.92 Å². The fourth-order valence-electron chi connectivity index (χ4n) is 4.77. The van der Waals surface area contributed by atoms with Gasteiger partial charge in [-0.2, -0.15) is 0 Å². The van der Waals surface area contributed by atoms with E-state index in [-0.39, 0.29) is 24.3 Å². The first-order chi connectivity index (χ1) is 14.8. The molecule has 2 aliphatic rings. The zero-order chi connectivity index (χ0) is 22.6. The number of para-hydroxylation sites is 1. The lowest BCUT2D eigenvalue weighted by molar-refractivity contribution is -0.142. The molecule has 7 nitrogen and oxygen atoms in total. The predicted octanol–water partition coefficient (Wildman–Crippen LogP) is 2.57. The summed E-state index contributed by atoms with van der Waals surface area (Å²) in [6.45, 7) is 10.9. The highest BCUT2D eigenvalue weighted by molar-refractivity contribution is 5.96. The minimum Gasteiger partial charge on any atom is -0.342 e. The molecule has 0 saturated carbocycles. The molecule has 1 aromatic carbocycles. The number of carbonyl (C=O) groups is 3. The monoisotopic (exact) mass is 428 g/mol. The van der Waals surface area contributed by atoms with E-state index >= 15 is 0 Å². The van der Waals surface area contributed by atoms with E-state index in [0.717, 1.165) is 5.69 Å². The zero-order valence-corrected chi connectivity index (χ0v) is 19.3. The Balaban J connectivity index is 1.82. The van der Waals surface area contributed by atoms with Gasteiger partial charge in [-0.1, -0.05) is 32.0 Å². The highest BCUT2D eigenvalue weighted by atomic mass is 16.2. The first-order valence-corrected chi connectivity index (χ1v) is 11.5. The molecule has 2 saturated heterocycles. The fraction of sp³-hybridized carbons (Fsp3) is 0.625. The van der Waals surface area contributed by atoms with Crippen molar-refractivity contribution >= 4 is 23.4 Å². The van der Waals surface area contributed by atoms with Crippen LogP contribution in [0.2, 0.25) is 0 Å². The van der Waals surface area contributed by atoms with Crippen molar-refractivity contribution in [3.8, 4) is 0 Å². The summed E-state index contributed by atoms with van der Waals surface area (Å²) in [5, 5.41) is 0. The Morgan fingerprint density at radius 3 is 2.23 bits per heavy atom. The summed E-state index contributed by atoms with van der Waals surface area (Å²) in [6.07, 6.45) is 1.70. The number of rotatable bonds is 7. The van der Waals surface area contributed by atoms with Crippen LogP contribution in [0.3, 0.4) is 0 Å². The van der Waals surface area contributed by atoms with Crippen LogP contribution in [0.4, 0.5) is 5.69 Å². The number of hydrogen-bond acceptors (Lipinski definition) is 4. The molecular formula is C24H36N4O3. The molecule has 3 rings (SSSR count). The summed E-state index contributed by atoms with van der Waals surface area (Å²) in [4.78, 5) is 46.5. The molecule has 1 aromatic rings. The quantitative estimate of drug-likeness (QED) is 0.670. The van der Waals surface area contributed by atoms with Crippen LogP contribution in [0.5, 0.6) is 0 Å². The summed E-state index contributed by atoms with van der Waals surface area (Å²) < 4.78 is 0. The van der Waals surface area contributed by atoms with Crippen molar-refractivity contribution in [2.24, 2.45) is 5.92 Å². The van der Waals surface area contributed by atoms with E-state index in [9.17, 15) is 14.4 Å². The molecule has 0 N–H and O–H groups in total. The molecule has 7 heteroatoms. The molecule has 170 valence electrons. The molecule has 0 radical (unpaired) electrons. The summed E-state index contributed by atoms with van der Waals surface area (Å²) in [5.41, 5.74) is 0.287. The first kappa shape index (κ1) is 23.1. The van der Waals surface area contributed by atoms with Gasteiger partial charge >= 0.3 is 0 Å². The maximum Gasteiger partial charge on any atom is 0.250 e. The van der Waals surface area contributed by atoms with Crippen molar-refractivity contribution in [3.05, 3.63) is 30.3 Å². The van der Waals surface area contributed by atoms with E-state index < -0.39 is 5.54 Å². The van der Waals surface area contributed by atoms with Gasteiger partial charge in [0.15, 0.2) is 0 Å². The number of likely N-dealkylation sites (N-methyl/N-ethyl adjacent to an activating group) is 1. The normalized spacial score (nSPS) is 18.2. The number of hydrogen-bond donors (Lipinski definition) is 0. The van der Waals surface area contributed by atoms with Crippen LogP contribution in [0.1, 0.15) is 47.0 Å². The number of benzene rings is 1. The molecule has 0 atom stereocenters. The second kappa shape index (κ2) is 9.71. The number of amides is 3. The molecular weight excluding hydrogens is 392 g/mol. The van der Waals surface area contributed by atoms with Crippen molar-refractivity contribution in [1.82, 2.24) is 14.7 Å². The third-order valence-corrected chi connectivity index (χ3v) is 6.55. The zero-order valence-electron chi connectivity index (χ0n) is 19.3. The summed E-state index contributed by atoms with van der Waals surface area (Å²) in [5.74, 6) is 0.467. The standard InChI is InChI=1S/C24H36N4O3/c1-5-25(6-2)22(30)17-27-18-28(20-10-8-7-9-11-20)24(23(27)31)12-14-26(15-13-24)21(29)16-19(3)4/h7-11,19H,5-6,12-18H2,1-4H3. The number of likely N-dealkylation sites (tertiary alicyclic amines) is 1. The minimum atomic E-state index is -0.695. The largest absolute Gasteiger partial charge is 0.342 e. The molecule has 3 amide bonds. The van der Waals surface area contributed by atoms with Gasteiger partial charge in [0.05, 0.1) is 6.67 Å². The molecule has 0 unspecified atom stereocenters. The van der Waals surface area contributed by atoms with Gasteiger partial charge in [0.1, 0.15) is 12.1 Å². The molecule has 1 spiro atoms. The maximum atomic E-state index is 13.7. The lowest BCUT2D eigenvalue weighted by Crippen LogP contribution is -2.57. The van der Waals surface area contributed by atoms with Crippen molar-refractivity contribution < 1.29 is 14.4 Å². The van der Waals surface area contributed by atoms with Crippen LogP contribution >= 0.6 is 0 Å². The number of piperidine rings is 1. The molecule has 2 fully saturated rings. The highest BCUT2D eigenvalue weighted by Crippen LogP contribution is 2.39. The highest BCUT2D eigenvalue weighted by Gasteiger charge is 2.54. The van der Waals surface area contributed by atoms with Gasteiger partial charge in [0.2, 0.25) is 11.8 Å². The third kappa shape index (κ3) is 4.70. The molecule has 0 aromatic heterocycles. The van der Waals surface area contributed by atoms with E-state index in [2.05, 4.69) is 4.90 Å². The number of anilines is 1. The van der Waals surface area contributed by atoms with Crippen LogP contribution in [0.25, 0.3) is 0 Å². The molecule has 0 bridgehead atoms. The van der Waals surface area contributed by atoms with Gasteiger partial charge < -0.3 is 19.6 Å². The second-order valence-electron chi connectivity index (χ2n) is 8.98. The smallest absolute Gasteiger partial charge is 0.250 e. The van der Waals surface area contributed by atoms with E-state index in [0.29, 0.717) is 58.0 Å². The average molecular weight is 429 g/mol. The minimum absolute atomic E-state index is 0.00724. The average Bonchev–Trinajstić information content (AvgIpc) is 3.01. The summed E-state index contributed by atoms with van der Waals surface area (Å²) in [7, 11) is 0. The van der Waals surface area contributed by atoms with Gasteiger partial charge in [0, 0.05) is 38.3 Å². The maximum absolute atomic E-state index is 13.7. The topological polar surface area (TPSA) is 64.2 Å². The Kier molecular flexibility index (Phi) is 7.23. The van der Waals surface area contributed by atoms with E-state index in [1.165, 1.54) is 0 Å². The van der Waals surface area contributed by atoms with Gasteiger partial charge in [-0.05, 0) is 44.7 Å². The van der Waals surface area contributed by atoms with Crippen molar-refractivity contribution in [3.63, 3.8) is 0 Å².